The van der Waals surface area contributed by atoms with Gasteiger partial charge in [0, 0.05) is 18.7 Å². The number of carbonyl (C=O) groups excluding carboxylic acids is 1. The summed E-state index contributed by atoms with van der Waals surface area (Å²) >= 11 is 0. The van der Waals surface area contributed by atoms with Crippen molar-refractivity contribution in [2.45, 2.75) is 32.5 Å². The molecule has 5 heteroatoms. The molecule has 1 amide bonds. The van der Waals surface area contributed by atoms with E-state index in [0.717, 1.165) is 0 Å². The predicted molar refractivity (Wildman–Crippen MR) is 73.1 cm³/mol. The molecule has 1 aromatic rings. The monoisotopic (exact) mass is 281 g/mol. The lowest BCUT2D eigenvalue weighted by molar-refractivity contribution is -0.139. The molecule has 2 rings (SSSR count). The van der Waals surface area contributed by atoms with Gasteiger partial charge in [0.05, 0.1) is 18.3 Å². The largest absolute Gasteiger partial charge is 0.394 e. The molecule has 0 aromatic heterocycles. The fourth-order valence-corrected chi connectivity index (χ4v) is 2.58. The summed E-state index contributed by atoms with van der Waals surface area (Å²) in [5.41, 5.74) is 0.593. The Morgan fingerprint density at radius 3 is 2.85 bits per heavy atom. The molecular formula is C15H20FNO3. The molecule has 1 heterocycles. The van der Waals surface area contributed by atoms with E-state index in [0.29, 0.717) is 24.2 Å². The van der Waals surface area contributed by atoms with Crippen molar-refractivity contribution in [3.05, 3.63) is 35.1 Å². The van der Waals surface area contributed by atoms with Gasteiger partial charge in [0.25, 0.3) is 5.91 Å². The van der Waals surface area contributed by atoms with Crippen LogP contribution in [0.5, 0.6) is 0 Å². The van der Waals surface area contributed by atoms with Gasteiger partial charge >= 0.3 is 0 Å². The number of halogens is 1. The Labute approximate surface area is 118 Å². The maximum atomic E-state index is 13.1. The highest BCUT2D eigenvalue weighted by atomic mass is 19.1. The highest BCUT2D eigenvalue weighted by Crippen LogP contribution is 2.23. The molecule has 1 aliphatic rings. The average Bonchev–Trinajstić information content (AvgIpc) is 2.36. The van der Waals surface area contributed by atoms with Crippen molar-refractivity contribution in [2.75, 3.05) is 19.7 Å². The van der Waals surface area contributed by atoms with Gasteiger partial charge in [-0.3, -0.25) is 4.79 Å². The highest BCUT2D eigenvalue weighted by molar-refractivity contribution is 5.95. The maximum Gasteiger partial charge on any atom is 0.254 e. The van der Waals surface area contributed by atoms with Gasteiger partial charge in [-0.25, -0.2) is 4.39 Å². The number of ether oxygens (including phenoxy) is 1. The number of nitrogens with zero attached hydrogens (tertiary/aromatic N) is 1. The van der Waals surface area contributed by atoms with Crippen LogP contribution in [0.25, 0.3) is 0 Å². The summed E-state index contributed by atoms with van der Waals surface area (Å²) in [4.78, 5) is 14.2. The van der Waals surface area contributed by atoms with Gasteiger partial charge in [-0.1, -0.05) is 0 Å². The maximum absolute atomic E-state index is 13.1. The van der Waals surface area contributed by atoms with Crippen LogP contribution in [-0.2, 0) is 4.74 Å². The second-order valence-corrected chi connectivity index (χ2v) is 5.83. The van der Waals surface area contributed by atoms with E-state index in [1.165, 1.54) is 18.2 Å². The zero-order valence-electron chi connectivity index (χ0n) is 12.0. The van der Waals surface area contributed by atoms with Crippen molar-refractivity contribution >= 4 is 5.91 Å². The first kappa shape index (κ1) is 14.9. The number of carbonyl (C=O) groups is 1. The van der Waals surface area contributed by atoms with E-state index in [9.17, 15) is 14.3 Å². The zero-order valence-corrected chi connectivity index (χ0v) is 12.0. The number of hydrogen-bond acceptors (Lipinski definition) is 3. The minimum Gasteiger partial charge on any atom is -0.394 e. The fraction of sp³-hybridized carbons (Fsp3) is 0.533. The summed E-state index contributed by atoms with van der Waals surface area (Å²) in [6.45, 7) is 6.13. The van der Waals surface area contributed by atoms with E-state index in [1.807, 2.05) is 13.8 Å². The number of morpholine rings is 1. The van der Waals surface area contributed by atoms with Gasteiger partial charge < -0.3 is 14.7 Å². The second kappa shape index (κ2) is 5.50. The quantitative estimate of drug-likeness (QED) is 0.898. The molecule has 1 aliphatic heterocycles. The molecule has 1 aromatic carbocycles. The minimum absolute atomic E-state index is 0.129. The summed E-state index contributed by atoms with van der Waals surface area (Å²) in [7, 11) is 0. The second-order valence-electron chi connectivity index (χ2n) is 5.83. The van der Waals surface area contributed by atoms with Crippen LogP contribution in [-0.4, -0.2) is 47.3 Å². The standard InChI is InChI=1S/C15H20FNO3/c1-10-6-11(16)4-5-13(10)14(19)17-7-12(8-18)20-15(2,3)9-17/h4-6,12,18H,7-9H2,1-3H3. The van der Waals surface area contributed by atoms with Crippen LogP contribution in [0, 0.1) is 12.7 Å². The van der Waals surface area contributed by atoms with Crippen molar-refractivity contribution in [3.8, 4) is 0 Å². The Hall–Kier alpha value is -1.46. The summed E-state index contributed by atoms with van der Waals surface area (Å²) in [6.07, 6.45) is -0.386. The first-order chi connectivity index (χ1) is 9.32. The van der Waals surface area contributed by atoms with Crippen LogP contribution in [0.2, 0.25) is 0 Å². The van der Waals surface area contributed by atoms with Crippen LogP contribution in [0.15, 0.2) is 18.2 Å². The van der Waals surface area contributed by atoms with Crippen molar-refractivity contribution in [2.24, 2.45) is 0 Å². The molecule has 0 aliphatic carbocycles. The molecule has 20 heavy (non-hydrogen) atoms. The molecule has 1 unspecified atom stereocenters. The number of benzene rings is 1. The van der Waals surface area contributed by atoms with Crippen molar-refractivity contribution < 1.29 is 19.0 Å². The summed E-state index contributed by atoms with van der Waals surface area (Å²) < 4.78 is 18.8. The molecule has 1 atom stereocenters. The first-order valence-electron chi connectivity index (χ1n) is 6.66. The van der Waals surface area contributed by atoms with Crippen molar-refractivity contribution in [3.63, 3.8) is 0 Å². The molecule has 0 bridgehead atoms. The van der Waals surface area contributed by atoms with Gasteiger partial charge in [-0.15, -0.1) is 0 Å². The molecular weight excluding hydrogens is 261 g/mol. The minimum atomic E-state index is -0.505. The molecule has 4 nitrogen and oxygen atoms in total. The Morgan fingerprint density at radius 2 is 2.25 bits per heavy atom. The zero-order chi connectivity index (χ0) is 14.9. The summed E-state index contributed by atoms with van der Waals surface area (Å²) in [5.74, 6) is -0.507. The highest BCUT2D eigenvalue weighted by Gasteiger charge is 2.35. The van der Waals surface area contributed by atoms with Gasteiger partial charge in [0.15, 0.2) is 0 Å². The van der Waals surface area contributed by atoms with Crippen molar-refractivity contribution in [1.29, 1.82) is 0 Å². The van der Waals surface area contributed by atoms with Gasteiger partial charge in [-0.2, -0.15) is 0 Å². The SMILES string of the molecule is Cc1cc(F)ccc1C(=O)N1CC(CO)OC(C)(C)C1. The lowest BCUT2D eigenvalue weighted by atomic mass is 10.0. The summed E-state index contributed by atoms with van der Waals surface area (Å²) in [5, 5.41) is 9.27. The molecule has 1 fully saturated rings. The molecule has 0 saturated carbocycles. The third kappa shape index (κ3) is 3.16. The Balaban J connectivity index is 2.23. The van der Waals surface area contributed by atoms with Gasteiger partial charge in [0.1, 0.15) is 5.82 Å². The summed E-state index contributed by atoms with van der Waals surface area (Å²) in [6, 6.07) is 4.14. The smallest absolute Gasteiger partial charge is 0.254 e. The van der Waals surface area contributed by atoms with E-state index < -0.39 is 5.60 Å². The number of rotatable bonds is 2. The van der Waals surface area contributed by atoms with E-state index in [2.05, 4.69) is 0 Å². The van der Waals surface area contributed by atoms with E-state index in [1.54, 1.807) is 11.8 Å². The molecule has 0 spiro atoms. The molecule has 110 valence electrons. The molecule has 1 N–H and O–H groups in total. The molecule has 0 radical (unpaired) electrons. The third-order valence-corrected chi connectivity index (χ3v) is 3.39. The topological polar surface area (TPSA) is 49.8 Å². The Bertz CT molecular complexity index is 516. The van der Waals surface area contributed by atoms with Gasteiger partial charge in [0.2, 0.25) is 0 Å². The fourth-order valence-electron chi connectivity index (χ4n) is 2.58. The van der Waals surface area contributed by atoms with Crippen molar-refractivity contribution in [1.82, 2.24) is 4.90 Å². The van der Waals surface area contributed by atoms with E-state index >= 15 is 0 Å². The molecule has 1 saturated heterocycles. The van der Waals surface area contributed by atoms with Crippen LogP contribution >= 0.6 is 0 Å². The first-order valence-corrected chi connectivity index (χ1v) is 6.66. The van der Waals surface area contributed by atoms with Crippen LogP contribution in [0.4, 0.5) is 4.39 Å². The Kier molecular flexibility index (Phi) is 4.11. The average molecular weight is 281 g/mol. The lowest BCUT2D eigenvalue weighted by Crippen LogP contribution is -2.55. The Morgan fingerprint density at radius 1 is 1.55 bits per heavy atom. The number of aliphatic hydroxyl groups excluding tert-OH is 1. The number of aliphatic hydroxyl groups is 1. The lowest BCUT2D eigenvalue weighted by Gasteiger charge is -2.42. The van der Waals surface area contributed by atoms with E-state index in [4.69, 9.17) is 4.74 Å². The number of amides is 1. The normalized spacial score (nSPS) is 21.9. The van der Waals surface area contributed by atoms with Crippen LogP contribution in [0.3, 0.4) is 0 Å². The number of hydrogen-bond donors (Lipinski definition) is 1. The van der Waals surface area contributed by atoms with Gasteiger partial charge in [-0.05, 0) is 44.5 Å². The van der Waals surface area contributed by atoms with Crippen LogP contribution in [0.1, 0.15) is 29.8 Å². The predicted octanol–water partition coefficient (Wildman–Crippen LogP) is 1.75. The third-order valence-electron chi connectivity index (χ3n) is 3.39. The van der Waals surface area contributed by atoms with E-state index in [-0.39, 0.29) is 24.4 Å². The van der Waals surface area contributed by atoms with Crippen LogP contribution < -0.4 is 0 Å². The number of aryl methyl sites for hydroxylation is 1.